The molecule has 0 saturated heterocycles. The molecule has 3 heteroatoms. The molecule has 18 heavy (non-hydrogen) atoms. The molecule has 0 spiro atoms. The van der Waals surface area contributed by atoms with Crippen molar-refractivity contribution in [2.75, 3.05) is 0 Å². The topological polar surface area (TPSA) is 52.9 Å². The zero-order chi connectivity index (χ0) is 12.8. The molecule has 0 heterocycles. The standard InChI is InChI=1S/C15H22N2O/c1-2-14(18)17-13(9-16)15-6-10-3-11(7-15)5-12(4-10)8-15/h10-13H,2-8H2,1H3,(H,17,18). The molecule has 1 unspecified atom stereocenters. The van der Waals surface area contributed by atoms with Gasteiger partial charge >= 0.3 is 0 Å². The second-order valence-corrected chi connectivity index (χ2v) is 6.76. The van der Waals surface area contributed by atoms with Crippen LogP contribution in [0.15, 0.2) is 0 Å². The van der Waals surface area contributed by atoms with Gasteiger partial charge in [-0.1, -0.05) is 6.92 Å². The van der Waals surface area contributed by atoms with Crippen LogP contribution in [-0.2, 0) is 4.79 Å². The van der Waals surface area contributed by atoms with Crippen molar-refractivity contribution in [1.82, 2.24) is 5.32 Å². The average molecular weight is 246 g/mol. The van der Waals surface area contributed by atoms with Crippen molar-refractivity contribution in [3.8, 4) is 6.07 Å². The molecule has 4 aliphatic carbocycles. The molecule has 0 aromatic rings. The smallest absolute Gasteiger partial charge is 0.220 e. The number of nitriles is 1. The highest BCUT2D eigenvalue weighted by molar-refractivity contribution is 5.76. The number of nitrogens with zero attached hydrogens (tertiary/aromatic N) is 1. The van der Waals surface area contributed by atoms with Gasteiger partial charge in [-0.15, -0.1) is 0 Å². The zero-order valence-electron chi connectivity index (χ0n) is 11.1. The Hall–Kier alpha value is -1.04. The van der Waals surface area contributed by atoms with E-state index in [0.29, 0.717) is 6.42 Å². The number of hydrogen-bond donors (Lipinski definition) is 1. The Bertz CT molecular complexity index is 361. The van der Waals surface area contributed by atoms with Gasteiger partial charge in [0, 0.05) is 11.8 Å². The second kappa shape index (κ2) is 4.26. The molecular formula is C15H22N2O. The summed E-state index contributed by atoms with van der Waals surface area (Å²) < 4.78 is 0. The third-order valence-corrected chi connectivity index (χ3v) is 5.45. The van der Waals surface area contributed by atoms with E-state index in [1.807, 2.05) is 6.92 Å². The zero-order valence-corrected chi connectivity index (χ0v) is 11.1. The van der Waals surface area contributed by atoms with Gasteiger partial charge < -0.3 is 5.32 Å². The second-order valence-electron chi connectivity index (χ2n) is 6.76. The predicted octanol–water partition coefficient (Wildman–Crippen LogP) is 2.62. The monoisotopic (exact) mass is 246 g/mol. The minimum atomic E-state index is -0.252. The largest absolute Gasteiger partial charge is 0.340 e. The Morgan fingerprint density at radius 2 is 1.78 bits per heavy atom. The summed E-state index contributed by atoms with van der Waals surface area (Å²) in [7, 11) is 0. The van der Waals surface area contributed by atoms with Crippen LogP contribution in [0.2, 0.25) is 0 Å². The first-order valence-corrected chi connectivity index (χ1v) is 7.34. The molecule has 0 radical (unpaired) electrons. The summed E-state index contributed by atoms with van der Waals surface area (Å²) >= 11 is 0. The summed E-state index contributed by atoms with van der Waals surface area (Å²) in [4.78, 5) is 11.6. The number of nitrogens with one attached hydrogen (secondary N) is 1. The molecule has 4 fully saturated rings. The van der Waals surface area contributed by atoms with Crippen molar-refractivity contribution >= 4 is 5.91 Å². The highest BCUT2D eigenvalue weighted by atomic mass is 16.1. The lowest BCUT2D eigenvalue weighted by Gasteiger charge is -2.58. The average Bonchev–Trinajstić information content (AvgIpc) is 2.33. The van der Waals surface area contributed by atoms with Gasteiger partial charge in [0.1, 0.15) is 6.04 Å². The lowest BCUT2D eigenvalue weighted by atomic mass is 9.48. The maximum Gasteiger partial charge on any atom is 0.220 e. The summed E-state index contributed by atoms with van der Waals surface area (Å²) in [6.45, 7) is 1.85. The minimum Gasteiger partial charge on any atom is -0.340 e. The van der Waals surface area contributed by atoms with Crippen LogP contribution in [0.3, 0.4) is 0 Å². The van der Waals surface area contributed by atoms with Crippen LogP contribution in [0.5, 0.6) is 0 Å². The van der Waals surface area contributed by atoms with Crippen molar-refractivity contribution < 1.29 is 4.79 Å². The number of carbonyl (C=O) groups excluding carboxylic acids is 1. The van der Waals surface area contributed by atoms with E-state index >= 15 is 0 Å². The summed E-state index contributed by atoms with van der Waals surface area (Å²) in [5, 5.41) is 12.4. The van der Waals surface area contributed by atoms with E-state index in [9.17, 15) is 10.1 Å². The summed E-state index contributed by atoms with van der Waals surface area (Å²) in [6.07, 6.45) is 8.10. The molecular weight excluding hydrogens is 224 g/mol. The number of rotatable bonds is 3. The molecule has 4 bridgehead atoms. The summed E-state index contributed by atoms with van der Waals surface area (Å²) in [5.74, 6) is 2.50. The Morgan fingerprint density at radius 1 is 1.28 bits per heavy atom. The van der Waals surface area contributed by atoms with E-state index in [1.165, 1.54) is 38.5 Å². The SMILES string of the molecule is CCC(=O)NC(C#N)C12CC3CC(CC(C3)C1)C2. The van der Waals surface area contributed by atoms with E-state index < -0.39 is 0 Å². The van der Waals surface area contributed by atoms with Gasteiger partial charge in [-0.2, -0.15) is 5.26 Å². The number of hydrogen-bond acceptors (Lipinski definition) is 2. The van der Waals surface area contributed by atoms with E-state index in [0.717, 1.165) is 17.8 Å². The fourth-order valence-corrected chi connectivity index (χ4v) is 5.12. The molecule has 4 aliphatic rings. The Labute approximate surface area is 109 Å². The van der Waals surface area contributed by atoms with Crippen molar-refractivity contribution in [1.29, 1.82) is 5.26 Å². The first kappa shape index (κ1) is 12.0. The van der Waals surface area contributed by atoms with Gasteiger partial charge in [-0.05, 0) is 56.3 Å². The van der Waals surface area contributed by atoms with Crippen LogP contribution in [-0.4, -0.2) is 11.9 Å². The van der Waals surface area contributed by atoms with Gasteiger partial charge in [0.05, 0.1) is 6.07 Å². The van der Waals surface area contributed by atoms with Crippen LogP contribution in [0, 0.1) is 34.5 Å². The van der Waals surface area contributed by atoms with Crippen molar-refractivity contribution in [2.24, 2.45) is 23.2 Å². The Kier molecular flexibility index (Phi) is 2.84. The maximum atomic E-state index is 11.6. The van der Waals surface area contributed by atoms with Gasteiger partial charge in [-0.25, -0.2) is 0 Å². The van der Waals surface area contributed by atoms with Crippen LogP contribution < -0.4 is 5.32 Å². The minimum absolute atomic E-state index is 0.0253. The fourth-order valence-electron chi connectivity index (χ4n) is 5.12. The first-order valence-electron chi connectivity index (χ1n) is 7.34. The van der Waals surface area contributed by atoms with Crippen LogP contribution in [0.25, 0.3) is 0 Å². The Morgan fingerprint density at radius 3 is 2.17 bits per heavy atom. The highest BCUT2D eigenvalue weighted by Crippen LogP contribution is 2.61. The van der Waals surface area contributed by atoms with E-state index in [-0.39, 0.29) is 17.4 Å². The van der Waals surface area contributed by atoms with Crippen LogP contribution in [0.4, 0.5) is 0 Å². The van der Waals surface area contributed by atoms with Gasteiger partial charge in [0.15, 0.2) is 0 Å². The normalized spacial score (nSPS) is 42.3. The van der Waals surface area contributed by atoms with E-state index in [1.54, 1.807) is 0 Å². The molecule has 1 amide bonds. The third-order valence-electron chi connectivity index (χ3n) is 5.45. The molecule has 0 aromatic heterocycles. The third kappa shape index (κ3) is 1.83. The quantitative estimate of drug-likeness (QED) is 0.832. The van der Waals surface area contributed by atoms with Crippen LogP contribution in [0.1, 0.15) is 51.9 Å². The van der Waals surface area contributed by atoms with Gasteiger partial charge in [0.2, 0.25) is 5.91 Å². The maximum absolute atomic E-state index is 11.6. The molecule has 0 aliphatic heterocycles. The fraction of sp³-hybridized carbons (Fsp3) is 0.867. The molecule has 1 atom stereocenters. The highest BCUT2D eigenvalue weighted by Gasteiger charge is 2.54. The van der Waals surface area contributed by atoms with E-state index in [4.69, 9.17) is 0 Å². The molecule has 0 aromatic carbocycles. The van der Waals surface area contributed by atoms with Crippen molar-refractivity contribution in [3.05, 3.63) is 0 Å². The molecule has 1 N–H and O–H groups in total. The van der Waals surface area contributed by atoms with Crippen molar-refractivity contribution in [2.45, 2.75) is 57.9 Å². The molecule has 4 rings (SSSR count). The van der Waals surface area contributed by atoms with Crippen molar-refractivity contribution in [3.63, 3.8) is 0 Å². The molecule has 4 saturated carbocycles. The number of amides is 1. The van der Waals surface area contributed by atoms with Gasteiger partial charge in [-0.3, -0.25) is 4.79 Å². The molecule has 3 nitrogen and oxygen atoms in total. The molecule has 98 valence electrons. The van der Waals surface area contributed by atoms with Gasteiger partial charge in [0.25, 0.3) is 0 Å². The lowest BCUT2D eigenvalue weighted by Crippen LogP contribution is -2.56. The number of carbonyl (C=O) groups is 1. The lowest BCUT2D eigenvalue weighted by molar-refractivity contribution is -0.124. The summed E-state index contributed by atoms with van der Waals surface area (Å²) in [5.41, 5.74) is 0.105. The Balaban J connectivity index is 1.81. The first-order chi connectivity index (χ1) is 8.65. The van der Waals surface area contributed by atoms with Crippen LogP contribution >= 0.6 is 0 Å². The van der Waals surface area contributed by atoms with E-state index in [2.05, 4.69) is 11.4 Å². The summed E-state index contributed by atoms with van der Waals surface area (Å²) in [6, 6.07) is 2.14. The predicted molar refractivity (Wildman–Crippen MR) is 68.4 cm³/mol.